The summed E-state index contributed by atoms with van der Waals surface area (Å²) in [5, 5.41) is 0. The Hall–Kier alpha value is -0.0400. The van der Waals surface area contributed by atoms with E-state index in [2.05, 4.69) is 39.6 Å². The van der Waals surface area contributed by atoms with E-state index in [9.17, 15) is 0 Å². The van der Waals surface area contributed by atoms with Crippen LogP contribution in [0.2, 0.25) is 0 Å². The van der Waals surface area contributed by atoms with Gasteiger partial charge in [0.1, 0.15) is 0 Å². The third kappa shape index (κ3) is 5.59. The van der Waals surface area contributed by atoms with Gasteiger partial charge in [-0.1, -0.05) is 34.1 Å². The van der Waals surface area contributed by atoms with Gasteiger partial charge in [0.25, 0.3) is 0 Å². The van der Waals surface area contributed by atoms with Crippen LogP contribution in [0.3, 0.4) is 0 Å². The molecule has 0 heterocycles. The Kier molecular flexibility index (Phi) is 5.56. The molecule has 1 nitrogen and oxygen atoms in total. The normalized spacial score (nSPS) is 12.5. The Morgan fingerprint density at radius 1 is 1.08 bits per heavy atom. The first-order valence-electron chi connectivity index (χ1n) is 5.20. The molecule has 0 aromatic heterocycles. The molecule has 0 aliphatic rings. The zero-order valence-corrected chi connectivity index (χ0v) is 9.48. The Balaban J connectivity index is 3.59. The van der Waals surface area contributed by atoms with Crippen LogP contribution < -0.4 is 0 Å². The molecule has 0 aromatic rings. The van der Waals surface area contributed by atoms with Gasteiger partial charge in [-0.05, 0) is 38.4 Å². The lowest BCUT2D eigenvalue weighted by Gasteiger charge is -2.26. The van der Waals surface area contributed by atoms with E-state index in [1.807, 2.05) is 0 Å². The molecule has 0 saturated heterocycles. The van der Waals surface area contributed by atoms with Crippen molar-refractivity contribution < 1.29 is 0 Å². The number of nitrogens with zero attached hydrogens (tertiary/aromatic N) is 1. The van der Waals surface area contributed by atoms with Gasteiger partial charge in [0.2, 0.25) is 0 Å². The van der Waals surface area contributed by atoms with Crippen LogP contribution in [0.15, 0.2) is 0 Å². The SMILES string of the molecule is CCCC(C)(C)CCN(C)CC. The minimum Gasteiger partial charge on any atom is -0.307 e. The fraction of sp³-hybridized carbons (Fsp3) is 1.00. The molecule has 0 atom stereocenters. The largest absolute Gasteiger partial charge is 0.307 e. The van der Waals surface area contributed by atoms with Crippen LogP contribution >= 0.6 is 0 Å². The second kappa shape index (κ2) is 5.58. The quantitative estimate of drug-likeness (QED) is 0.593. The minimum atomic E-state index is 0.540. The third-order valence-corrected chi connectivity index (χ3v) is 2.64. The van der Waals surface area contributed by atoms with Gasteiger partial charge < -0.3 is 4.90 Å². The van der Waals surface area contributed by atoms with E-state index in [4.69, 9.17) is 0 Å². The molecule has 1 heteroatoms. The van der Waals surface area contributed by atoms with Gasteiger partial charge in [-0.15, -0.1) is 0 Å². The van der Waals surface area contributed by atoms with Gasteiger partial charge in [-0.25, -0.2) is 0 Å². The lowest BCUT2D eigenvalue weighted by molar-refractivity contribution is 0.240. The Morgan fingerprint density at radius 3 is 2.08 bits per heavy atom. The van der Waals surface area contributed by atoms with Crippen molar-refractivity contribution in [2.45, 2.75) is 47.0 Å². The van der Waals surface area contributed by atoms with Gasteiger partial charge in [-0.3, -0.25) is 0 Å². The van der Waals surface area contributed by atoms with Crippen molar-refractivity contribution in [1.82, 2.24) is 4.90 Å². The van der Waals surface area contributed by atoms with Gasteiger partial charge in [-0.2, -0.15) is 0 Å². The van der Waals surface area contributed by atoms with Crippen molar-refractivity contribution in [3.63, 3.8) is 0 Å². The summed E-state index contributed by atoms with van der Waals surface area (Å²) >= 11 is 0. The molecule has 0 saturated carbocycles. The Morgan fingerprint density at radius 2 is 1.67 bits per heavy atom. The van der Waals surface area contributed by atoms with Crippen molar-refractivity contribution in [3.05, 3.63) is 0 Å². The molecular formula is C11H25N. The number of hydrogen-bond acceptors (Lipinski definition) is 1. The average molecular weight is 171 g/mol. The maximum Gasteiger partial charge on any atom is -0.00168 e. The Labute approximate surface area is 78.1 Å². The van der Waals surface area contributed by atoms with E-state index in [-0.39, 0.29) is 0 Å². The zero-order chi connectivity index (χ0) is 9.61. The van der Waals surface area contributed by atoms with Crippen LogP contribution in [-0.4, -0.2) is 25.0 Å². The molecule has 0 amide bonds. The van der Waals surface area contributed by atoms with Crippen LogP contribution in [0.5, 0.6) is 0 Å². The predicted molar refractivity (Wildman–Crippen MR) is 56.5 cm³/mol. The summed E-state index contributed by atoms with van der Waals surface area (Å²) in [5.41, 5.74) is 0.540. The van der Waals surface area contributed by atoms with Crippen molar-refractivity contribution >= 4 is 0 Å². The van der Waals surface area contributed by atoms with Gasteiger partial charge >= 0.3 is 0 Å². The number of hydrogen-bond donors (Lipinski definition) is 0. The van der Waals surface area contributed by atoms with E-state index < -0.39 is 0 Å². The van der Waals surface area contributed by atoms with E-state index in [0.717, 1.165) is 0 Å². The van der Waals surface area contributed by atoms with Crippen molar-refractivity contribution in [1.29, 1.82) is 0 Å². The highest BCUT2D eigenvalue weighted by molar-refractivity contribution is 4.69. The summed E-state index contributed by atoms with van der Waals surface area (Å²) in [6, 6.07) is 0. The Bertz CT molecular complexity index is 108. The minimum absolute atomic E-state index is 0.540. The lowest BCUT2D eigenvalue weighted by atomic mass is 9.84. The maximum absolute atomic E-state index is 2.39. The molecule has 0 N–H and O–H groups in total. The van der Waals surface area contributed by atoms with Crippen LogP contribution in [0.1, 0.15) is 47.0 Å². The molecule has 0 aliphatic heterocycles. The van der Waals surface area contributed by atoms with E-state index in [0.29, 0.717) is 5.41 Å². The molecule has 0 aliphatic carbocycles. The molecule has 0 aromatic carbocycles. The summed E-state index contributed by atoms with van der Waals surface area (Å²) in [5.74, 6) is 0. The molecule has 0 radical (unpaired) electrons. The summed E-state index contributed by atoms with van der Waals surface area (Å²) in [6.45, 7) is 11.6. The van der Waals surface area contributed by atoms with E-state index >= 15 is 0 Å². The first-order chi connectivity index (χ1) is 5.52. The van der Waals surface area contributed by atoms with Gasteiger partial charge in [0.05, 0.1) is 0 Å². The standard InChI is InChI=1S/C11H25N/c1-6-8-11(3,4)9-10-12(5)7-2/h6-10H2,1-5H3. The second-order valence-electron chi connectivity index (χ2n) is 4.56. The van der Waals surface area contributed by atoms with E-state index in [1.165, 1.54) is 32.4 Å². The molecular weight excluding hydrogens is 146 g/mol. The highest BCUT2D eigenvalue weighted by atomic mass is 15.1. The zero-order valence-electron chi connectivity index (χ0n) is 9.48. The summed E-state index contributed by atoms with van der Waals surface area (Å²) in [4.78, 5) is 2.39. The first-order valence-corrected chi connectivity index (χ1v) is 5.20. The number of rotatable bonds is 6. The molecule has 12 heavy (non-hydrogen) atoms. The fourth-order valence-electron chi connectivity index (χ4n) is 1.45. The summed E-state index contributed by atoms with van der Waals surface area (Å²) < 4.78 is 0. The third-order valence-electron chi connectivity index (χ3n) is 2.64. The average Bonchev–Trinajstić information content (AvgIpc) is 2.00. The van der Waals surface area contributed by atoms with Crippen molar-refractivity contribution in [2.24, 2.45) is 5.41 Å². The molecule has 0 bridgehead atoms. The predicted octanol–water partition coefficient (Wildman–Crippen LogP) is 3.15. The summed E-state index contributed by atoms with van der Waals surface area (Å²) in [7, 11) is 2.20. The summed E-state index contributed by atoms with van der Waals surface area (Å²) in [6.07, 6.45) is 3.98. The topological polar surface area (TPSA) is 3.24 Å². The molecule has 0 spiro atoms. The highest BCUT2D eigenvalue weighted by Crippen LogP contribution is 2.26. The van der Waals surface area contributed by atoms with Gasteiger partial charge in [0.15, 0.2) is 0 Å². The van der Waals surface area contributed by atoms with Crippen LogP contribution in [0, 0.1) is 5.41 Å². The van der Waals surface area contributed by atoms with E-state index in [1.54, 1.807) is 0 Å². The van der Waals surface area contributed by atoms with Crippen LogP contribution in [-0.2, 0) is 0 Å². The molecule has 0 rings (SSSR count). The fourth-order valence-corrected chi connectivity index (χ4v) is 1.45. The molecule has 74 valence electrons. The second-order valence-corrected chi connectivity index (χ2v) is 4.56. The van der Waals surface area contributed by atoms with Crippen molar-refractivity contribution in [2.75, 3.05) is 20.1 Å². The van der Waals surface area contributed by atoms with Crippen LogP contribution in [0.25, 0.3) is 0 Å². The van der Waals surface area contributed by atoms with Crippen molar-refractivity contribution in [3.8, 4) is 0 Å². The lowest BCUT2D eigenvalue weighted by Crippen LogP contribution is -2.24. The van der Waals surface area contributed by atoms with Gasteiger partial charge in [0, 0.05) is 0 Å². The van der Waals surface area contributed by atoms with Crippen LogP contribution in [0.4, 0.5) is 0 Å². The first kappa shape index (κ1) is 12.0. The monoisotopic (exact) mass is 171 g/mol. The highest BCUT2D eigenvalue weighted by Gasteiger charge is 2.16. The molecule has 0 fully saturated rings. The molecule has 0 unspecified atom stereocenters. The smallest absolute Gasteiger partial charge is 0.00168 e. The maximum atomic E-state index is 2.39.